The van der Waals surface area contributed by atoms with Crippen molar-refractivity contribution in [2.24, 2.45) is 7.05 Å². The minimum atomic E-state index is 1.05. The molecule has 1 aliphatic rings. The lowest BCUT2D eigenvalue weighted by atomic mass is 10.2. The zero-order valence-electron chi connectivity index (χ0n) is 8.62. The van der Waals surface area contributed by atoms with E-state index in [2.05, 4.69) is 48.2 Å². The molecule has 13 heavy (non-hydrogen) atoms. The van der Waals surface area contributed by atoms with Crippen LogP contribution < -0.4 is 0 Å². The SMILES string of the molecule is CC.Cn1ccc2c1C=CCC=C2. The first-order valence-electron chi connectivity index (χ1n) is 4.86. The van der Waals surface area contributed by atoms with Gasteiger partial charge in [0.1, 0.15) is 0 Å². The van der Waals surface area contributed by atoms with Gasteiger partial charge in [-0.1, -0.05) is 32.1 Å². The molecule has 0 saturated carbocycles. The molecule has 0 aromatic carbocycles. The highest BCUT2D eigenvalue weighted by Gasteiger charge is 2.00. The highest BCUT2D eigenvalue weighted by molar-refractivity contribution is 5.65. The second-order valence-electron chi connectivity index (χ2n) is 2.81. The lowest BCUT2D eigenvalue weighted by molar-refractivity contribution is 0.914. The van der Waals surface area contributed by atoms with Crippen LogP contribution in [0.25, 0.3) is 12.2 Å². The van der Waals surface area contributed by atoms with E-state index in [4.69, 9.17) is 0 Å². The molecule has 0 atom stereocenters. The van der Waals surface area contributed by atoms with E-state index in [1.807, 2.05) is 13.8 Å². The summed E-state index contributed by atoms with van der Waals surface area (Å²) >= 11 is 0. The zero-order valence-corrected chi connectivity index (χ0v) is 8.62. The number of hydrogen-bond donors (Lipinski definition) is 0. The number of aryl methyl sites for hydroxylation is 1. The van der Waals surface area contributed by atoms with Crippen molar-refractivity contribution in [1.82, 2.24) is 4.57 Å². The monoisotopic (exact) mass is 175 g/mol. The molecular weight excluding hydrogens is 158 g/mol. The molecular formula is C12H17N. The summed E-state index contributed by atoms with van der Waals surface area (Å²) < 4.78 is 2.14. The third-order valence-electron chi connectivity index (χ3n) is 2.00. The van der Waals surface area contributed by atoms with E-state index in [0.717, 1.165) is 6.42 Å². The molecule has 0 bridgehead atoms. The highest BCUT2D eigenvalue weighted by atomic mass is 14.9. The first kappa shape index (κ1) is 9.85. The van der Waals surface area contributed by atoms with Crippen molar-refractivity contribution in [3.05, 3.63) is 35.7 Å². The van der Waals surface area contributed by atoms with Crippen molar-refractivity contribution in [3.63, 3.8) is 0 Å². The van der Waals surface area contributed by atoms with E-state index < -0.39 is 0 Å². The summed E-state index contributed by atoms with van der Waals surface area (Å²) in [6.07, 6.45) is 11.9. The van der Waals surface area contributed by atoms with E-state index in [1.54, 1.807) is 0 Å². The quantitative estimate of drug-likeness (QED) is 0.569. The lowest BCUT2D eigenvalue weighted by Gasteiger charge is -1.96. The fourth-order valence-corrected chi connectivity index (χ4v) is 1.37. The summed E-state index contributed by atoms with van der Waals surface area (Å²) in [6, 6.07) is 2.14. The van der Waals surface area contributed by atoms with E-state index in [9.17, 15) is 0 Å². The number of fused-ring (bicyclic) bond motifs is 1. The topological polar surface area (TPSA) is 4.93 Å². The van der Waals surface area contributed by atoms with Gasteiger partial charge >= 0.3 is 0 Å². The predicted octanol–water partition coefficient (Wildman–Crippen LogP) is 3.48. The maximum atomic E-state index is 2.18. The van der Waals surface area contributed by atoms with E-state index in [-0.39, 0.29) is 0 Å². The Morgan fingerprint density at radius 1 is 1.15 bits per heavy atom. The summed E-state index contributed by atoms with van der Waals surface area (Å²) in [5.74, 6) is 0. The summed E-state index contributed by atoms with van der Waals surface area (Å²) in [7, 11) is 2.07. The Bertz CT molecular complexity index is 316. The van der Waals surface area contributed by atoms with Crippen molar-refractivity contribution in [2.45, 2.75) is 20.3 Å². The molecule has 1 aliphatic carbocycles. The first-order valence-corrected chi connectivity index (χ1v) is 4.86. The standard InChI is InChI=1S/C10H11N.C2H6/c1-11-8-7-9-5-3-2-4-6-10(9)11;1-2/h3-8H,2H2,1H3;1-2H3. The fourth-order valence-electron chi connectivity index (χ4n) is 1.37. The van der Waals surface area contributed by atoms with Crippen molar-refractivity contribution in [2.75, 3.05) is 0 Å². The van der Waals surface area contributed by atoms with Crippen molar-refractivity contribution in [1.29, 1.82) is 0 Å². The molecule has 0 aliphatic heterocycles. The van der Waals surface area contributed by atoms with Gasteiger partial charge in [0, 0.05) is 18.9 Å². The Kier molecular flexibility index (Phi) is 3.56. The number of nitrogens with zero attached hydrogens (tertiary/aromatic N) is 1. The molecule has 2 rings (SSSR count). The smallest absolute Gasteiger partial charge is 0.0474 e. The van der Waals surface area contributed by atoms with Crippen LogP contribution in [0.3, 0.4) is 0 Å². The van der Waals surface area contributed by atoms with Gasteiger partial charge in [0.25, 0.3) is 0 Å². The molecule has 0 amide bonds. The Labute approximate surface area is 80.4 Å². The minimum Gasteiger partial charge on any atom is -0.351 e. The third kappa shape index (κ3) is 2.11. The van der Waals surface area contributed by atoms with Gasteiger partial charge in [0.2, 0.25) is 0 Å². The second-order valence-corrected chi connectivity index (χ2v) is 2.81. The van der Waals surface area contributed by atoms with Gasteiger partial charge in [-0.05, 0) is 24.1 Å². The Hall–Kier alpha value is -1.24. The molecule has 1 nitrogen and oxygen atoms in total. The number of allylic oxidation sites excluding steroid dienone is 2. The van der Waals surface area contributed by atoms with Gasteiger partial charge in [-0.3, -0.25) is 0 Å². The van der Waals surface area contributed by atoms with Gasteiger partial charge in [0.05, 0.1) is 0 Å². The van der Waals surface area contributed by atoms with Crippen LogP contribution in [0.1, 0.15) is 31.5 Å². The zero-order chi connectivity index (χ0) is 9.68. The van der Waals surface area contributed by atoms with Crippen LogP contribution in [0.15, 0.2) is 24.4 Å². The average molecular weight is 175 g/mol. The molecule has 0 N–H and O–H groups in total. The van der Waals surface area contributed by atoms with Crippen LogP contribution in [-0.2, 0) is 7.05 Å². The van der Waals surface area contributed by atoms with Gasteiger partial charge in [-0.25, -0.2) is 0 Å². The number of rotatable bonds is 0. The Morgan fingerprint density at radius 2 is 1.85 bits per heavy atom. The summed E-state index contributed by atoms with van der Waals surface area (Å²) in [6.45, 7) is 4.00. The predicted molar refractivity (Wildman–Crippen MR) is 59.4 cm³/mol. The van der Waals surface area contributed by atoms with E-state index in [1.165, 1.54) is 11.3 Å². The minimum absolute atomic E-state index is 1.05. The molecule has 0 fully saturated rings. The highest BCUT2D eigenvalue weighted by Crippen LogP contribution is 2.16. The fraction of sp³-hybridized carbons (Fsp3) is 0.333. The molecule has 0 spiro atoms. The molecule has 70 valence electrons. The Morgan fingerprint density at radius 3 is 2.62 bits per heavy atom. The maximum absolute atomic E-state index is 2.18. The van der Waals surface area contributed by atoms with Crippen LogP contribution >= 0.6 is 0 Å². The van der Waals surface area contributed by atoms with Crippen LogP contribution in [-0.4, -0.2) is 4.57 Å². The molecule has 1 aromatic rings. The van der Waals surface area contributed by atoms with Crippen LogP contribution in [0.5, 0.6) is 0 Å². The lowest BCUT2D eigenvalue weighted by Crippen LogP contribution is -1.88. The third-order valence-corrected chi connectivity index (χ3v) is 2.00. The normalized spacial score (nSPS) is 12.8. The summed E-state index contributed by atoms with van der Waals surface area (Å²) in [4.78, 5) is 0. The number of aromatic nitrogens is 1. The molecule has 0 saturated heterocycles. The molecule has 0 unspecified atom stereocenters. The van der Waals surface area contributed by atoms with Crippen LogP contribution in [0.4, 0.5) is 0 Å². The van der Waals surface area contributed by atoms with Gasteiger partial charge < -0.3 is 4.57 Å². The molecule has 1 heterocycles. The van der Waals surface area contributed by atoms with Crippen molar-refractivity contribution in [3.8, 4) is 0 Å². The average Bonchev–Trinajstić information content (AvgIpc) is 2.44. The van der Waals surface area contributed by atoms with Gasteiger partial charge in [0.15, 0.2) is 0 Å². The van der Waals surface area contributed by atoms with Crippen LogP contribution in [0, 0.1) is 0 Å². The summed E-state index contributed by atoms with van der Waals surface area (Å²) in [5, 5.41) is 0. The summed E-state index contributed by atoms with van der Waals surface area (Å²) in [5.41, 5.74) is 2.63. The largest absolute Gasteiger partial charge is 0.351 e. The second kappa shape index (κ2) is 4.70. The van der Waals surface area contributed by atoms with E-state index >= 15 is 0 Å². The Balaban J connectivity index is 0.000000396. The number of hydrogen-bond acceptors (Lipinski definition) is 0. The molecule has 0 radical (unpaired) electrons. The van der Waals surface area contributed by atoms with Crippen molar-refractivity contribution >= 4 is 12.2 Å². The van der Waals surface area contributed by atoms with Crippen molar-refractivity contribution < 1.29 is 0 Å². The van der Waals surface area contributed by atoms with Crippen LogP contribution in [0.2, 0.25) is 0 Å². The first-order chi connectivity index (χ1) is 6.38. The maximum Gasteiger partial charge on any atom is 0.0474 e. The molecule has 1 aromatic heterocycles. The molecule has 1 heteroatoms. The van der Waals surface area contributed by atoms with Gasteiger partial charge in [-0.2, -0.15) is 0 Å². The van der Waals surface area contributed by atoms with Gasteiger partial charge in [-0.15, -0.1) is 0 Å². The van der Waals surface area contributed by atoms with E-state index in [0.29, 0.717) is 0 Å².